The molecule has 1 heterocycles. The van der Waals surface area contributed by atoms with Crippen LogP contribution < -0.4 is 35.0 Å². The lowest BCUT2D eigenvalue weighted by atomic mass is 9.95. The Kier molecular flexibility index (Phi) is 11.9. The number of carbonyl (C=O) groups is 3. The first-order valence-electron chi connectivity index (χ1n) is 14.0. The third-order valence-electron chi connectivity index (χ3n) is 6.58. The molecule has 3 N–H and O–H groups in total. The number of hydrogen-bond acceptors (Lipinski definition) is 9. The zero-order valence-corrected chi connectivity index (χ0v) is 27.8. The van der Waals surface area contributed by atoms with E-state index in [0.717, 1.165) is 10.0 Å². The topological polar surface area (TPSA) is 146 Å². The summed E-state index contributed by atoms with van der Waals surface area (Å²) >= 11 is 9.54. The van der Waals surface area contributed by atoms with Crippen molar-refractivity contribution in [3.63, 3.8) is 0 Å². The van der Waals surface area contributed by atoms with Gasteiger partial charge in [-0.1, -0.05) is 45.7 Å². The van der Waals surface area contributed by atoms with E-state index >= 15 is 0 Å². The Morgan fingerprint density at radius 3 is 2.54 bits per heavy atom. The third-order valence-corrected chi connectivity index (χ3v) is 7.27. The molecule has 46 heavy (non-hydrogen) atoms. The van der Waals surface area contributed by atoms with Gasteiger partial charge in [0.2, 0.25) is 0 Å². The average molecular weight is 716 g/mol. The van der Waals surface area contributed by atoms with Gasteiger partial charge >= 0.3 is 12.0 Å². The molecule has 1 aliphatic heterocycles. The molecule has 0 bridgehead atoms. The minimum absolute atomic E-state index is 0.175. The number of allylic oxidation sites excluding steroid dienone is 1. The van der Waals surface area contributed by atoms with Gasteiger partial charge in [0.25, 0.3) is 5.91 Å². The van der Waals surface area contributed by atoms with Crippen molar-refractivity contribution in [3.05, 3.63) is 92.1 Å². The van der Waals surface area contributed by atoms with Crippen LogP contribution in [-0.4, -0.2) is 51.6 Å². The van der Waals surface area contributed by atoms with E-state index in [1.807, 2.05) is 12.1 Å². The van der Waals surface area contributed by atoms with Gasteiger partial charge in [-0.2, -0.15) is 5.10 Å². The van der Waals surface area contributed by atoms with Crippen molar-refractivity contribution >= 4 is 51.7 Å². The van der Waals surface area contributed by atoms with Gasteiger partial charge in [0.15, 0.2) is 29.6 Å². The predicted molar refractivity (Wildman–Crippen MR) is 174 cm³/mol. The molecule has 1 aliphatic rings. The van der Waals surface area contributed by atoms with E-state index in [1.54, 1.807) is 56.3 Å². The van der Waals surface area contributed by atoms with Crippen LogP contribution in [0.15, 0.2) is 75.4 Å². The van der Waals surface area contributed by atoms with Crippen LogP contribution in [0, 0.1) is 0 Å². The number of carbonyl (C=O) groups excluding carboxylic acids is 3. The fourth-order valence-electron chi connectivity index (χ4n) is 4.53. The highest BCUT2D eigenvalue weighted by atomic mass is 79.9. The molecule has 3 aromatic carbocycles. The first-order valence-corrected chi connectivity index (χ1v) is 15.1. The van der Waals surface area contributed by atoms with Crippen LogP contribution in [0.5, 0.6) is 23.0 Å². The van der Waals surface area contributed by atoms with Crippen molar-refractivity contribution < 1.29 is 38.1 Å². The monoisotopic (exact) mass is 714 g/mol. The minimum Gasteiger partial charge on any atom is -0.493 e. The van der Waals surface area contributed by atoms with Gasteiger partial charge in [-0.15, -0.1) is 0 Å². The van der Waals surface area contributed by atoms with Crippen LogP contribution >= 0.6 is 27.5 Å². The molecule has 0 saturated heterocycles. The molecule has 0 aromatic heterocycles. The van der Waals surface area contributed by atoms with Crippen LogP contribution in [0.3, 0.4) is 0 Å². The van der Waals surface area contributed by atoms with Gasteiger partial charge in [-0.05, 0) is 61.4 Å². The largest absolute Gasteiger partial charge is 0.493 e. The van der Waals surface area contributed by atoms with Crippen molar-refractivity contribution in [2.24, 2.45) is 5.10 Å². The van der Waals surface area contributed by atoms with Gasteiger partial charge in [-0.3, -0.25) is 4.79 Å². The Balaban J connectivity index is 1.43. The van der Waals surface area contributed by atoms with E-state index < -0.39 is 23.9 Å². The van der Waals surface area contributed by atoms with Gasteiger partial charge in [-0.25, -0.2) is 15.0 Å². The Labute approximate surface area is 279 Å². The zero-order valence-electron chi connectivity index (χ0n) is 25.4. The first-order chi connectivity index (χ1) is 22.1. The highest BCUT2D eigenvalue weighted by molar-refractivity contribution is 9.10. The predicted octanol–water partition coefficient (Wildman–Crippen LogP) is 5.42. The van der Waals surface area contributed by atoms with E-state index in [4.69, 9.17) is 35.3 Å². The van der Waals surface area contributed by atoms with Crippen LogP contribution in [0.25, 0.3) is 0 Å². The van der Waals surface area contributed by atoms with Crippen molar-refractivity contribution in [2.45, 2.75) is 26.5 Å². The fraction of sp³-hybridized carbons (Fsp3) is 0.250. The van der Waals surface area contributed by atoms with Crippen molar-refractivity contribution in [3.8, 4) is 23.0 Å². The maximum absolute atomic E-state index is 12.6. The molecule has 1 atom stereocenters. The Bertz CT molecular complexity index is 1680. The number of methoxy groups -OCH3 is 2. The standard InChI is InChI=1S/C32H32BrClN4O8/c1-5-44-31(40)28-18(2)36-32(41)37-29(28)20-9-10-24(25(13-20)42-3)45-17-27(39)38-35-15-21-12-22(33)14-26(43-4)30(21)46-16-19-7-6-8-23(34)11-19/h6-15,29H,5,16-17H2,1-4H3,(H,38,39)(H2,36,37,41)/b35-15+/t29-/m1/s1. The normalized spacial score (nSPS) is 14.3. The van der Waals surface area contributed by atoms with Crippen molar-refractivity contribution in [2.75, 3.05) is 27.4 Å². The number of hydrogen-bond donors (Lipinski definition) is 3. The number of ether oxygens (including phenoxy) is 5. The summed E-state index contributed by atoms with van der Waals surface area (Å²) in [4.78, 5) is 37.4. The van der Waals surface area contributed by atoms with Gasteiger partial charge in [0, 0.05) is 20.8 Å². The molecule has 4 rings (SSSR count). The van der Waals surface area contributed by atoms with Crippen LogP contribution in [-0.2, 0) is 20.9 Å². The summed E-state index contributed by atoms with van der Waals surface area (Å²) in [7, 11) is 2.96. The molecule has 0 fully saturated rings. The number of esters is 1. The molecule has 3 aromatic rings. The lowest BCUT2D eigenvalue weighted by molar-refractivity contribution is -0.139. The van der Waals surface area contributed by atoms with E-state index in [2.05, 4.69) is 37.1 Å². The number of halogens is 2. The summed E-state index contributed by atoms with van der Waals surface area (Å²) in [5.74, 6) is 0.329. The molecule has 0 spiro atoms. The minimum atomic E-state index is -0.788. The second-order valence-electron chi connectivity index (χ2n) is 9.73. The lowest BCUT2D eigenvalue weighted by Crippen LogP contribution is -2.45. The highest BCUT2D eigenvalue weighted by Gasteiger charge is 2.32. The number of rotatable bonds is 13. The molecular formula is C32H32BrClN4O8. The first kappa shape index (κ1) is 34.1. The highest BCUT2D eigenvalue weighted by Crippen LogP contribution is 2.36. The smallest absolute Gasteiger partial charge is 0.338 e. The Morgan fingerprint density at radius 1 is 1.04 bits per heavy atom. The fourth-order valence-corrected chi connectivity index (χ4v) is 5.20. The molecule has 0 aliphatic carbocycles. The SMILES string of the molecule is CCOC(=O)C1=C(C)NC(=O)N[C@@H]1c1ccc(OCC(=O)N/N=C/c2cc(Br)cc(OC)c2OCc2cccc(Cl)c2)c(OC)c1. The number of hydrazone groups is 1. The average Bonchev–Trinajstić information content (AvgIpc) is 3.02. The summed E-state index contributed by atoms with van der Waals surface area (Å²) in [5, 5.41) is 9.98. The second-order valence-corrected chi connectivity index (χ2v) is 11.1. The molecule has 0 saturated carbocycles. The van der Waals surface area contributed by atoms with Crippen LogP contribution in [0.1, 0.15) is 36.6 Å². The van der Waals surface area contributed by atoms with E-state index in [-0.39, 0.29) is 36.9 Å². The number of urea groups is 1. The zero-order chi connectivity index (χ0) is 33.2. The molecule has 14 heteroatoms. The van der Waals surface area contributed by atoms with E-state index in [9.17, 15) is 14.4 Å². The van der Waals surface area contributed by atoms with Gasteiger partial charge in [0.1, 0.15) is 6.61 Å². The molecular weight excluding hydrogens is 684 g/mol. The van der Waals surface area contributed by atoms with Crippen molar-refractivity contribution in [1.29, 1.82) is 0 Å². The van der Waals surface area contributed by atoms with Crippen LogP contribution in [0.4, 0.5) is 4.79 Å². The van der Waals surface area contributed by atoms with E-state index in [0.29, 0.717) is 33.3 Å². The maximum atomic E-state index is 12.6. The summed E-state index contributed by atoms with van der Waals surface area (Å²) < 4.78 is 28.6. The van der Waals surface area contributed by atoms with Gasteiger partial charge < -0.3 is 34.3 Å². The number of nitrogens with one attached hydrogen (secondary N) is 3. The summed E-state index contributed by atoms with van der Waals surface area (Å²) in [5.41, 5.74) is 5.03. The quantitative estimate of drug-likeness (QED) is 0.121. The molecule has 0 radical (unpaired) electrons. The number of nitrogens with zero attached hydrogens (tertiary/aromatic N) is 1. The van der Waals surface area contributed by atoms with Gasteiger partial charge in [0.05, 0.1) is 38.7 Å². The maximum Gasteiger partial charge on any atom is 0.338 e. The molecule has 3 amide bonds. The Hall–Kier alpha value is -4.75. The summed E-state index contributed by atoms with van der Waals surface area (Å²) in [6, 6.07) is 14.4. The molecule has 12 nitrogen and oxygen atoms in total. The summed E-state index contributed by atoms with van der Waals surface area (Å²) in [6.45, 7) is 3.33. The second kappa shape index (κ2) is 16.0. The molecule has 242 valence electrons. The Morgan fingerprint density at radius 2 is 1.83 bits per heavy atom. The number of amides is 3. The third kappa shape index (κ3) is 8.70. The van der Waals surface area contributed by atoms with Crippen LogP contribution in [0.2, 0.25) is 5.02 Å². The number of benzene rings is 3. The van der Waals surface area contributed by atoms with E-state index in [1.165, 1.54) is 20.4 Å². The van der Waals surface area contributed by atoms with Crippen molar-refractivity contribution in [1.82, 2.24) is 16.1 Å². The lowest BCUT2D eigenvalue weighted by Gasteiger charge is -2.28. The summed E-state index contributed by atoms with van der Waals surface area (Å²) in [6.07, 6.45) is 1.43. The molecule has 0 unspecified atom stereocenters.